The normalized spacial score (nSPS) is 16.6. The molecule has 1 fully saturated rings. The van der Waals surface area contributed by atoms with Crippen LogP contribution in [-0.4, -0.2) is 83.1 Å². The van der Waals surface area contributed by atoms with Gasteiger partial charge < -0.3 is 40.1 Å². The van der Waals surface area contributed by atoms with Gasteiger partial charge in [-0.15, -0.1) is 0 Å². The zero-order valence-corrected chi connectivity index (χ0v) is 26.5. The first-order valence-corrected chi connectivity index (χ1v) is 13.2. The minimum Gasteiger partial charge on any atom is -0.870 e. The Hall–Kier alpha value is -1.76. The summed E-state index contributed by atoms with van der Waals surface area (Å²) in [5, 5.41) is 23.4. The van der Waals surface area contributed by atoms with Crippen molar-refractivity contribution in [2.75, 3.05) is 33.3 Å². The second-order valence-electron chi connectivity index (χ2n) is 10.3. The number of aliphatic hydroxyl groups is 1. The number of carbonyl (C=O) groups excluding carboxylic acids is 1. The van der Waals surface area contributed by atoms with Gasteiger partial charge in [0.1, 0.15) is 35.6 Å². The number of nitrogens with one attached hydrogen (secondary N) is 1. The minimum absolute atomic E-state index is 0. The Bertz CT molecular complexity index is 1220. The molecule has 1 saturated heterocycles. The number of ether oxygens (including phenoxy) is 3. The number of halogens is 2. The van der Waals surface area contributed by atoms with Gasteiger partial charge in [-0.1, -0.05) is 23.2 Å². The molecule has 2 aromatic carbocycles. The van der Waals surface area contributed by atoms with E-state index in [1.807, 2.05) is 18.2 Å². The van der Waals surface area contributed by atoms with Crippen LogP contribution in [-0.2, 0) is 11.2 Å². The molecule has 214 valence electrons. The van der Waals surface area contributed by atoms with E-state index in [0.717, 1.165) is 43.7 Å². The van der Waals surface area contributed by atoms with Crippen LogP contribution in [0.15, 0.2) is 30.3 Å². The topological polar surface area (TPSA) is 148 Å². The van der Waals surface area contributed by atoms with Crippen LogP contribution in [0.5, 0.6) is 17.2 Å². The summed E-state index contributed by atoms with van der Waals surface area (Å²) < 4.78 is 17.7. The van der Waals surface area contributed by atoms with Crippen LogP contribution in [0.25, 0.3) is 0 Å². The van der Waals surface area contributed by atoms with Crippen LogP contribution in [0.3, 0.4) is 0 Å². The third-order valence-corrected chi connectivity index (χ3v) is 7.45. The van der Waals surface area contributed by atoms with E-state index in [9.17, 15) is 19.8 Å². The molecule has 2 aromatic rings. The maximum absolute atomic E-state index is 12.4. The number of benzene rings is 2. The molecule has 0 aliphatic carbocycles. The van der Waals surface area contributed by atoms with Crippen molar-refractivity contribution in [1.82, 2.24) is 10.2 Å². The number of piperidine rings is 1. The predicted molar refractivity (Wildman–Crippen MR) is 145 cm³/mol. The van der Waals surface area contributed by atoms with Gasteiger partial charge in [-0.25, -0.2) is 4.79 Å². The van der Waals surface area contributed by atoms with E-state index in [2.05, 4.69) is 10.2 Å². The Morgan fingerprint density at radius 1 is 1.18 bits per heavy atom. The molecule has 13 heteroatoms. The predicted octanol–water partition coefficient (Wildman–Crippen LogP) is 0.632. The molecule has 4 rings (SSSR count). The van der Waals surface area contributed by atoms with E-state index in [1.54, 1.807) is 0 Å². The van der Waals surface area contributed by atoms with Crippen LogP contribution in [0.4, 0.5) is 0 Å². The van der Waals surface area contributed by atoms with Crippen LogP contribution in [0, 0.1) is 0 Å². The van der Waals surface area contributed by atoms with Crippen molar-refractivity contribution in [3.8, 4) is 17.2 Å². The zero-order chi connectivity index (χ0) is 27.7. The van der Waals surface area contributed by atoms with Crippen LogP contribution in [0.1, 0.15) is 42.6 Å². The fraction of sp³-hybridized carbons (Fsp3) is 0.481. The molecule has 2 heterocycles. The van der Waals surface area contributed by atoms with Gasteiger partial charge in [0, 0.05) is 57.0 Å². The smallest absolute Gasteiger partial charge is 0.870 e. The summed E-state index contributed by atoms with van der Waals surface area (Å²) in [5.41, 5.74) is -0.527. The van der Waals surface area contributed by atoms with Crippen LogP contribution in [0.2, 0.25) is 10.0 Å². The molecular weight excluding hydrogens is 574 g/mol. The van der Waals surface area contributed by atoms with Crippen LogP contribution < -0.4 is 49.1 Å². The van der Waals surface area contributed by atoms with E-state index in [1.165, 1.54) is 33.0 Å². The molecule has 2 aliphatic rings. The van der Waals surface area contributed by atoms with Gasteiger partial charge in [0.15, 0.2) is 5.60 Å². The second-order valence-corrected chi connectivity index (χ2v) is 11.1. The molecule has 1 atom stereocenters. The number of likely N-dealkylation sites (tertiary alicyclic amines) is 1. The molecule has 2 aliphatic heterocycles. The average molecular weight is 607 g/mol. The first-order chi connectivity index (χ1) is 17.9. The second kappa shape index (κ2) is 13.9. The summed E-state index contributed by atoms with van der Waals surface area (Å²) in [6, 6.07) is 8.44. The standard InChI is InChI=1S/C27H32Cl2N2O7.Na.H2O/c1-26(2,25(34)35)37-23-12-22(19(11-20(23)29)24(33)30-3)36-15-18(32)14-31-8-6-27(7-9-31)13-16-10-17(28)4-5-21(16)38-27;;/h4-5,10-12,18,32H,6-9,13-15H2,1-3H3,(H,30,33)(H,34,35);;1H2/q;+1;/p-1/t18-;;/m1../s1. The molecular formula is C27H33Cl2N2NaO8. The summed E-state index contributed by atoms with van der Waals surface area (Å²) in [6.07, 6.45) is 1.64. The molecule has 10 nitrogen and oxygen atoms in total. The van der Waals surface area contributed by atoms with Crippen molar-refractivity contribution >= 4 is 35.1 Å². The van der Waals surface area contributed by atoms with Gasteiger partial charge in [0.2, 0.25) is 0 Å². The van der Waals surface area contributed by atoms with Gasteiger partial charge in [-0.3, -0.25) is 4.79 Å². The van der Waals surface area contributed by atoms with Gasteiger partial charge in [-0.2, -0.15) is 0 Å². The average Bonchev–Trinajstić information content (AvgIpc) is 3.21. The van der Waals surface area contributed by atoms with E-state index in [4.69, 9.17) is 37.4 Å². The van der Waals surface area contributed by atoms with Crippen molar-refractivity contribution in [2.24, 2.45) is 0 Å². The molecule has 0 radical (unpaired) electrons. The number of amides is 1. The Kier molecular flexibility index (Phi) is 12.0. The maximum Gasteiger partial charge on any atom is 1.00 e. The molecule has 1 spiro atoms. The van der Waals surface area contributed by atoms with Crippen molar-refractivity contribution in [3.05, 3.63) is 51.5 Å². The number of hydrogen-bond acceptors (Lipinski definition) is 8. The largest absolute Gasteiger partial charge is 1.00 e. The fourth-order valence-corrected chi connectivity index (χ4v) is 5.12. The Morgan fingerprint density at radius 2 is 1.85 bits per heavy atom. The molecule has 1 amide bonds. The summed E-state index contributed by atoms with van der Waals surface area (Å²) in [4.78, 5) is 26.0. The summed E-state index contributed by atoms with van der Waals surface area (Å²) in [6.45, 7) is 4.57. The number of hydrogen-bond donors (Lipinski definition) is 3. The fourth-order valence-electron chi connectivity index (χ4n) is 4.72. The Balaban J connectivity index is 0.00000280. The van der Waals surface area contributed by atoms with E-state index in [-0.39, 0.29) is 69.3 Å². The van der Waals surface area contributed by atoms with Crippen molar-refractivity contribution < 1.29 is 69.0 Å². The van der Waals surface area contributed by atoms with E-state index in [0.29, 0.717) is 11.6 Å². The molecule has 4 N–H and O–H groups in total. The number of carboxylic acid groups (broad SMARTS) is 1. The van der Waals surface area contributed by atoms with Gasteiger partial charge in [0.05, 0.1) is 10.6 Å². The zero-order valence-electron chi connectivity index (χ0n) is 23.0. The van der Waals surface area contributed by atoms with Gasteiger partial charge in [0.25, 0.3) is 5.91 Å². The Labute approximate surface area is 265 Å². The van der Waals surface area contributed by atoms with Gasteiger partial charge in [-0.05, 0) is 43.7 Å². The molecule has 0 unspecified atom stereocenters. The third kappa shape index (κ3) is 7.95. The van der Waals surface area contributed by atoms with E-state index >= 15 is 0 Å². The quantitative estimate of drug-likeness (QED) is 0.350. The van der Waals surface area contributed by atoms with Crippen LogP contribution >= 0.6 is 23.2 Å². The molecule has 0 aromatic heterocycles. The molecule has 0 bridgehead atoms. The van der Waals surface area contributed by atoms with Gasteiger partial charge >= 0.3 is 35.5 Å². The van der Waals surface area contributed by atoms with Crippen molar-refractivity contribution in [1.29, 1.82) is 0 Å². The van der Waals surface area contributed by atoms with Crippen molar-refractivity contribution in [2.45, 2.75) is 50.4 Å². The first-order valence-electron chi connectivity index (χ1n) is 12.4. The number of aliphatic carboxylic acids is 1. The maximum atomic E-state index is 12.4. The van der Waals surface area contributed by atoms with Crippen molar-refractivity contribution in [3.63, 3.8) is 0 Å². The monoisotopic (exact) mass is 606 g/mol. The molecule has 40 heavy (non-hydrogen) atoms. The number of nitrogens with zero attached hydrogens (tertiary/aromatic N) is 1. The molecule has 0 saturated carbocycles. The summed E-state index contributed by atoms with van der Waals surface area (Å²) in [5.74, 6) is -0.559. The SMILES string of the molecule is CNC(=O)c1cc(Cl)c(OC(C)(C)C(=O)O)cc1OC[C@H](O)CN1CCC2(CC1)Cc1cc(Cl)ccc1O2.[Na+].[OH-]. The number of β-amino-alcohol motifs (C(OH)–C–C–N with tert-alkyl or cyclic N) is 1. The Morgan fingerprint density at radius 3 is 2.48 bits per heavy atom. The summed E-state index contributed by atoms with van der Waals surface area (Å²) in [7, 11) is 1.47. The number of carboxylic acids is 1. The number of fused-ring (bicyclic) bond motifs is 1. The number of rotatable bonds is 9. The number of carbonyl (C=O) groups is 2. The third-order valence-electron chi connectivity index (χ3n) is 6.92. The number of aliphatic hydroxyl groups excluding tert-OH is 1. The minimum atomic E-state index is -1.56. The van der Waals surface area contributed by atoms with E-state index < -0.39 is 23.6 Å². The first kappa shape index (κ1) is 34.4. The summed E-state index contributed by atoms with van der Waals surface area (Å²) >= 11 is 12.4.